The van der Waals surface area contributed by atoms with Gasteiger partial charge in [-0.25, -0.2) is 0 Å². The molecule has 1 aliphatic heterocycles. The molecule has 0 aromatic carbocycles. The highest BCUT2D eigenvalue weighted by Gasteiger charge is 2.22. The van der Waals surface area contributed by atoms with Crippen molar-refractivity contribution in [1.82, 2.24) is 0 Å². The first kappa shape index (κ1) is 9.11. The summed E-state index contributed by atoms with van der Waals surface area (Å²) in [5.74, 6) is 0.773. The van der Waals surface area contributed by atoms with Crippen LogP contribution in [0.2, 0.25) is 0 Å². The van der Waals surface area contributed by atoms with Crippen molar-refractivity contribution in [3.05, 3.63) is 0 Å². The molecule has 0 bridgehead atoms. The van der Waals surface area contributed by atoms with E-state index in [0.29, 0.717) is 10.6 Å². The van der Waals surface area contributed by atoms with Crippen LogP contribution in [-0.2, 0) is 0 Å². The van der Waals surface area contributed by atoms with Crippen LogP contribution in [-0.4, -0.2) is 16.3 Å². The fourth-order valence-corrected chi connectivity index (χ4v) is 2.66. The van der Waals surface area contributed by atoms with Gasteiger partial charge in [0.15, 0.2) is 0 Å². The van der Waals surface area contributed by atoms with Crippen LogP contribution in [0.4, 0.5) is 0 Å². The maximum absolute atomic E-state index is 4.59. The second kappa shape index (κ2) is 3.61. The van der Waals surface area contributed by atoms with E-state index < -0.39 is 0 Å². The van der Waals surface area contributed by atoms with Crippen LogP contribution in [0.3, 0.4) is 0 Å². The highest BCUT2D eigenvalue weighted by Crippen LogP contribution is 2.31. The summed E-state index contributed by atoms with van der Waals surface area (Å²) in [6.07, 6.45) is 1.23. The number of rotatable bonds is 2. The Bertz CT molecular complexity index is 163. The van der Waals surface area contributed by atoms with E-state index in [-0.39, 0.29) is 0 Å². The van der Waals surface area contributed by atoms with Crippen LogP contribution in [0.25, 0.3) is 0 Å². The van der Waals surface area contributed by atoms with Crippen molar-refractivity contribution in [2.45, 2.75) is 44.7 Å². The van der Waals surface area contributed by atoms with Crippen LogP contribution in [0.5, 0.6) is 0 Å². The lowest BCUT2D eigenvalue weighted by atomic mass is 10.1. The van der Waals surface area contributed by atoms with E-state index in [1.54, 1.807) is 0 Å². The summed E-state index contributed by atoms with van der Waals surface area (Å²) in [6.45, 7) is 8.89. The molecular weight excluding hydrogens is 154 g/mol. The van der Waals surface area contributed by atoms with Crippen LogP contribution >= 0.6 is 11.8 Å². The Morgan fingerprint density at radius 3 is 2.55 bits per heavy atom. The van der Waals surface area contributed by atoms with Gasteiger partial charge in [0.25, 0.3) is 0 Å². The van der Waals surface area contributed by atoms with E-state index >= 15 is 0 Å². The molecule has 1 rings (SSSR count). The standard InChI is InChI=1S/C9H17NS/c1-6(2)5-9-10-7(3)8(4)11-9/h6,8-9H,5H2,1-4H3/t8-,9-/m1/s1. The zero-order chi connectivity index (χ0) is 8.43. The van der Waals surface area contributed by atoms with E-state index in [0.717, 1.165) is 5.92 Å². The molecule has 0 aromatic rings. The minimum absolute atomic E-state index is 0.546. The number of aliphatic imine (C=N–C) groups is 1. The Morgan fingerprint density at radius 2 is 2.18 bits per heavy atom. The Labute approximate surface area is 73.7 Å². The first-order valence-corrected chi connectivity index (χ1v) is 5.23. The minimum atomic E-state index is 0.546. The summed E-state index contributed by atoms with van der Waals surface area (Å²) in [7, 11) is 0. The van der Waals surface area contributed by atoms with E-state index in [9.17, 15) is 0 Å². The molecule has 11 heavy (non-hydrogen) atoms. The molecule has 0 radical (unpaired) electrons. The average Bonchev–Trinajstić information content (AvgIpc) is 2.10. The van der Waals surface area contributed by atoms with Crippen molar-refractivity contribution in [2.24, 2.45) is 10.9 Å². The fraction of sp³-hybridized carbons (Fsp3) is 0.889. The zero-order valence-corrected chi connectivity index (χ0v) is 8.61. The molecule has 0 aliphatic carbocycles. The van der Waals surface area contributed by atoms with Gasteiger partial charge in [-0.1, -0.05) is 13.8 Å². The lowest BCUT2D eigenvalue weighted by molar-refractivity contribution is 0.579. The molecule has 0 unspecified atom stereocenters. The molecule has 0 fully saturated rings. The third kappa shape index (κ3) is 2.51. The van der Waals surface area contributed by atoms with Crippen molar-refractivity contribution in [3.8, 4) is 0 Å². The first-order valence-electron chi connectivity index (χ1n) is 4.29. The molecule has 1 heterocycles. The summed E-state index contributed by atoms with van der Waals surface area (Å²) in [5, 5.41) is 1.20. The monoisotopic (exact) mass is 171 g/mol. The van der Waals surface area contributed by atoms with Gasteiger partial charge in [-0.15, -0.1) is 11.8 Å². The molecule has 64 valence electrons. The van der Waals surface area contributed by atoms with E-state index in [1.165, 1.54) is 12.1 Å². The lowest BCUT2D eigenvalue weighted by Gasteiger charge is -2.09. The van der Waals surface area contributed by atoms with Gasteiger partial charge >= 0.3 is 0 Å². The normalized spacial score (nSPS) is 31.2. The van der Waals surface area contributed by atoms with Crippen LogP contribution in [0, 0.1) is 5.92 Å². The second-order valence-electron chi connectivity index (χ2n) is 3.63. The van der Waals surface area contributed by atoms with Crippen LogP contribution in [0.1, 0.15) is 34.1 Å². The summed E-state index contributed by atoms with van der Waals surface area (Å²) >= 11 is 2.00. The smallest absolute Gasteiger partial charge is 0.0959 e. The van der Waals surface area contributed by atoms with E-state index in [1.807, 2.05) is 11.8 Å². The Kier molecular flexibility index (Phi) is 2.99. The van der Waals surface area contributed by atoms with Gasteiger partial charge in [-0.2, -0.15) is 0 Å². The van der Waals surface area contributed by atoms with Crippen molar-refractivity contribution in [1.29, 1.82) is 0 Å². The largest absolute Gasteiger partial charge is 0.279 e. The van der Waals surface area contributed by atoms with Crippen molar-refractivity contribution >= 4 is 17.5 Å². The summed E-state index contributed by atoms with van der Waals surface area (Å²) in [5.41, 5.74) is 1.32. The van der Waals surface area contributed by atoms with Crippen molar-refractivity contribution in [3.63, 3.8) is 0 Å². The topological polar surface area (TPSA) is 12.4 Å². The maximum atomic E-state index is 4.59. The third-order valence-electron chi connectivity index (χ3n) is 1.97. The fourth-order valence-electron chi connectivity index (χ4n) is 1.21. The van der Waals surface area contributed by atoms with Crippen LogP contribution in [0.15, 0.2) is 4.99 Å². The third-order valence-corrected chi connectivity index (χ3v) is 3.33. The van der Waals surface area contributed by atoms with Gasteiger partial charge < -0.3 is 0 Å². The van der Waals surface area contributed by atoms with Gasteiger partial charge in [0.2, 0.25) is 0 Å². The van der Waals surface area contributed by atoms with Crippen molar-refractivity contribution < 1.29 is 0 Å². The Balaban J connectivity index is 2.41. The molecule has 0 N–H and O–H groups in total. The van der Waals surface area contributed by atoms with Gasteiger partial charge in [0.1, 0.15) is 0 Å². The average molecular weight is 171 g/mol. The predicted octanol–water partition coefficient (Wildman–Crippen LogP) is 2.95. The van der Waals surface area contributed by atoms with Gasteiger partial charge in [-0.05, 0) is 26.2 Å². The SMILES string of the molecule is CC1=N[C@@H](CC(C)C)S[C@@H]1C. The highest BCUT2D eigenvalue weighted by atomic mass is 32.2. The zero-order valence-electron chi connectivity index (χ0n) is 7.79. The van der Waals surface area contributed by atoms with Crippen LogP contribution < -0.4 is 0 Å². The molecule has 0 aromatic heterocycles. The molecule has 0 saturated carbocycles. The minimum Gasteiger partial charge on any atom is -0.279 e. The summed E-state index contributed by atoms with van der Waals surface area (Å²) in [6, 6.07) is 0. The molecular formula is C9H17NS. The molecule has 1 nitrogen and oxygen atoms in total. The number of hydrogen-bond acceptors (Lipinski definition) is 2. The number of hydrogen-bond donors (Lipinski definition) is 0. The van der Waals surface area contributed by atoms with Gasteiger partial charge in [-0.3, -0.25) is 4.99 Å². The lowest BCUT2D eigenvalue weighted by Crippen LogP contribution is -2.03. The molecule has 2 heteroatoms. The van der Waals surface area contributed by atoms with Gasteiger partial charge in [0.05, 0.1) is 5.37 Å². The number of thioether (sulfide) groups is 1. The van der Waals surface area contributed by atoms with Crippen molar-refractivity contribution in [2.75, 3.05) is 0 Å². The van der Waals surface area contributed by atoms with Gasteiger partial charge in [0, 0.05) is 11.0 Å². The molecule has 2 atom stereocenters. The van der Waals surface area contributed by atoms with E-state index in [4.69, 9.17) is 0 Å². The molecule has 1 aliphatic rings. The van der Waals surface area contributed by atoms with E-state index in [2.05, 4.69) is 32.7 Å². The second-order valence-corrected chi connectivity index (χ2v) is 5.16. The quantitative estimate of drug-likeness (QED) is 0.622. The summed E-state index contributed by atoms with van der Waals surface area (Å²) < 4.78 is 0. The Hall–Kier alpha value is 0.0200. The molecule has 0 amide bonds. The molecule has 0 saturated heterocycles. The summed E-state index contributed by atoms with van der Waals surface area (Å²) in [4.78, 5) is 4.59. The maximum Gasteiger partial charge on any atom is 0.0959 e. The first-order chi connectivity index (χ1) is 5.09. The predicted molar refractivity (Wildman–Crippen MR) is 53.4 cm³/mol. The Morgan fingerprint density at radius 1 is 1.55 bits per heavy atom. The number of nitrogens with zero attached hydrogens (tertiary/aromatic N) is 1. The highest BCUT2D eigenvalue weighted by molar-refractivity contribution is 8.01. The molecule has 0 spiro atoms.